The second kappa shape index (κ2) is 7.05. The number of carbonyl (C=O) groups excluding carboxylic acids is 1. The average molecular weight is 334 g/mol. The van der Waals surface area contributed by atoms with E-state index < -0.39 is 0 Å². The number of guanidine groups is 1. The minimum absolute atomic E-state index is 0.123. The van der Waals surface area contributed by atoms with Crippen LogP contribution in [-0.2, 0) is 4.79 Å². The van der Waals surface area contributed by atoms with Crippen LogP contribution < -0.4 is 10.6 Å². The number of nitrogens with one attached hydrogen (secondary N) is 2. The van der Waals surface area contributed by atoms with Gasteiger partial charge in [0.1, 0.15) is 5.70 Å². The number of hydrogen-bond donors (Lipinski definition) is 2. The average Bonchev–Trinajstić information content (AvgIpc) is 2.82. The fourth-order valence-electron chi connectivity index (χ4n) is 3.48. The van der Waals surface area contributed by atoms with Gasteiger partial charge >= 0.3 is 0 Å². The highest BCUT2D eigenvalue weighted by molar-refractivity contribution is 6.15. The number of aliphatic imine (C=N–C) groups is 1. The second-order valence-electron chi connectivity index (χ2n) is 6.74. The molecule has 2 N–H and O–H groups in total. The Labute approximate surface area is 147 Å². The Morgan fingerprint density at radius 3 is 2.72 bits per heavy atom. The van der Waals surface area contributed by atoms with E-state index in [0.717, 1.165) is 29.2 Å². The van der Waals surface area contributed by atoms with Crippen LogP contribution in [0, 0.1) is 0 Å². The zero-order chi connectivity index (χ0) is 17.1. The highest BCUT2D eigenvalue weighted by Gasteiger charge is 2.23. The third-order valence-electron chi connectivity index (χ3n) is 4.84. The monoisotopic (exact) mass is 334 g/mol. The fourth-order valence-corrected chi connectivity index (χ4v) is 3.48. The van der Waals surface area contributed by atoms with Crippen molar-refractivity contribution >= 4 is 28.7 Å². The van der Waals surface area contributed by atoms with Gasteiger partial charge in [-0.2, -0.15) is 0 Å². The minimum atomic E-state index is -0.123. The largest absolute Gasteiger partial charge is 0.321 e. The van der Waals surface area contributed by atoms with Gasteiger partial charge in [0.2, 0.25) is 5.96 Å². The van der Waals surface area contributed by atoms with Crippen molar-refractivity contribution in [3.63, 3.8) is 0 Å². The number of carbonyl (C=O) groups is 1. The lowest BCUT2D eigenvalue weighted by molar-refractivity contribution is -0.115. The van der Waals surface area contributed by atoms with Gasteiger partial charge in [0.05, 0.1) is 6.04 Å². The number of nitrogens with zero attached hydrogens (tertiary/aromatic N) is 2. The molecule has 0 atom stereocenters. The number of fused-ring (bicyclic) bond motifs is 1. The molecule has 5 heteroatoms. The van der Waals surface area contributed by atoms with Crippen molar-refractivity contribution in [3.05, 3.63) is 47.9 Å². The van der Waals surface area contributed by atoms with Crippen LogP contribution in [0.2, 0.25) is 0 Å². The summed E-state index contributed by atoms with van der Waals surface area (Å²) in [6.07, 6.45) is 12.7. The molecule has 4 rings (SSSR count). The maximum atomic E-state index is 12.2. The Hall–Kier alpha value is -2.69. The molecule has 0 unspecified atom stereocenters. The molecule has 1 aliphatic carbocycles. The van der Waals surface area contributed by atoms with E-state index in [2.05, 4.69) is 21.7 Å². The zero-order valence-electron chi connectivity index (χ0n) is 14.2. The molecular formula is C20H22N4O. The van der Waals surface area contributed by atoms with Gasteiger partial charge in [0, 0.05) is 17.8 Å². The summed E-state index contributed by atoms with van der Waals surface area (Å²) in [6.45, 7) is 0. The number of hydrogen-bond acceptors (Lipinski definition) is 3. The SMILES string of the molecule is O=C1NC(=NC2CCCCCC2)N/C1=C\c1ccc2cnccc2c1. The lowest BCUT2D eigenvalue weighted by atomic mass is 10.1. The van der Waals surface area contributed by atoms with E-state index in [9.17, 15) is 4.79 Å². The summed E-state index contributed by atoms with van der Waals surface area (Å²) in [5.74, 6) is 0.468. The highest BCUT2D eigenvalue weighted by atomic mass is 16.2. The molecule has 0 radical (unpaired) electrons. The van der Waals surface area contributed by atoms with Crippen LogP contribution in [-0.4, -0.2) is 22.9 Å². The molecule has 1 saturated carbocycles. The first-order valence-electron chi connectivity index (χ1n) is 8.99. The smallest absolute Gasteiger partial charge is 0.274 e. The number of amides is 1. The van der Waals surface area contributed by atoms with Gasteiger partial charge in [-0.15, -0.1) is 0 Å². The molecule has 0 bridgehead atoms. The van der Waals surface area contributed by atoms with E-state index in [1.807, 2.05) is 30.5 Å². The molecule has 25 heavy (non-hydrogen) atoms. The van der Waals surface area contributed by atoms with Crippen molar-refractivity contribution in [1.82, 2.24) is 15.6 Å². The van der Waals surface area contributed by atoms with Gasteiger partial charge in [-0.05, 0) is 42.0 Å². The number of rotatable bonds is 2. The Morgan fingerprint density at radius 1 is 1.04 bits per heavy atom. The number of aromatic nitrogens is 1. The predicted octanol–water partition coefficient (Wildman–Crippen LogP) is 3.37. The van der Waals surface area contributed by atoms with Gasteiger partial charge in [-0.25, -0.2) is 4.99 Å². The third-order valence-corrected chi connectivity index (χ3v) is 4.84. The quantitative estimate of drug-likeness (QED) is 0.653. The van der Waals surface area contributed by atoms with Crippen molar-refractivity contribution in [3.8, 4) is 0 Å². The van der Waals surface area contributed by atoms with E-state index in [4.69, 9.17) is 4.99 Å². The van der Waals surface area contributed by atoms with Gasteiger partial charge in [-0.3, -0.25) is 15.1 Å². The Bertz CT molecular complexity index is 848. The van der Waals surface area contributed by atoms with Crippen LogP contribution in [0.15, 0.2) is 47.3 Å². The van der Waals surface area contributed by atoms with E-state index in [-0.39, 0.29) is 5.91 Å². The van der Waals surface area contributed by atoms with E-state index in [1.165, 1.54) is 25.7 Å². The molecular weight excluding hydrogens is 312 g/mol. The summed E-state index contributed by atoms with van der Waals surface area (Å²) < 4.78 is 0. The maximum Gasteiger partial charge on any atom is 0.274 e. The number of benzene rings is 1. The minimum Gasteiger partial charge on any atom is -0.321 e. The summed E-state index contributed by atoms with van der Waals surface area (Å²) in [5.41, 5.74) is 1.52. The topological polar surface area (TPSA) is 66.4 Å². The molecule has 1 aliphatic heterocycles. The Kier molecular flexibility index (Phi) is 4.46. The molecule has 1 saturated heterocycles. The fraction of sp³-hybridized carbons (Fsp3) is 0.350. The lowest BCUT2D eigenvalue weighted by Crippen LogP contribution is -2.27. The standard InChI is InChI=1S/C20H22N4O/c25-19-18(12-14-7-8-16-13-21-10-9-15(16)11-14)23-20(24-19)22-17-5-3-1-2-4-6-17/h7-13,17H,1-6H2,(H2,22,23,24,25)/b18-12-. The Balaban J connectivity index is 1.53. The molecule has 2 fully saturated rings. The summed E-state index contributed by atoms with van der Waals surface area (Å²) in [5, 5.41) is 8.19. The van der Waals surface area contributed by atoms with Crippen LogP contribution in [0.25, 0.3) is 16.8 Å². The second-order valence-corrected chi connectivity index (χ2v) is 6.74. The zero-order valence-corrected chi connectivity index (χ0v) is 14.2. The lowest BCUT2D eigenvalue weighted by Gasteiger charge is -2.09. The molecule has 1 aromatic carbocycles. The first-order valence-corrected chi connectivity index (χ1v) is 8.99. The summed E-state index contributed by atoms with van der Waals surface area (Å²) in [4.78, 5) is 21.1. The molecule has 0 spiro atoms. The molecule has 2 aliphatic rings. The highest BCUT2D eigenvalue weighted by Crippen LogP contribution is 2.20. The molecule has 2 aromatic rings. The first kappa shape index (κ1) is 15.8. The van der Waals surface area contributed by atoms with Gasteiger partial charge in [0.25, 0.3) is 5.91 Å². The first-order chi connectivity index (χ1) is 12.3. The molecule has 5 nitrogen and oxygen atoms in total. The Morgan fingerprint density at radius 2 is 1.88 bits per heavy atom. The molecule has 128 valence electrons. The summed E-state index contributed by atoms with van der Waals surface area (Å²) in [7, 11) is 0. The predicted molar refractivity (Wildman–Crippen MR) is 99.9 cm³/mol. The van der Waals surface area contributed by atoms with E-state index in [1.54, 1.807) is 6.20 Å². The van der Waals surface area contributed by atoms with Crippen LogP contribution in [0.5, 0.6) is 0 Å². The van der Waals surface area contributed by atoms with Crippen molar-refractivity contribution in [2.75, 3.05) is 0 Å². The van der Waals surface area contributed by atoms with Crippen LogP contribution in [0.4, 0.5) is 0 Å². The van der Waals surface area contributed by atoms with E-state index in [0.29, 0.717) is 17.7 Å². The third kappa shape index (κ3) is 3.71. The summed E-state index contributed by atoms with van der Waals surface area (Å²) >= 11 is 0. The van der Waals surface area contributed by atoms with Crippen molar-refractivity contribution in [1.29, 1.82) is 0 Å². The van der Waals surface area contributed by atoms with Gasteiger partial charge < -0.3 is 5.32 Å². The maximum absolute atomic E-state index is 12.2. The number of pyridine rings is 1. The molecule has 2 heterocycles. The summed E-state index contributed by atoms with van der Waals surface area (Å²) in [6, 6.07) is 8.35. The van der Waals surface area contributed by atoms with Crippen LogP contribution in [0.3, 0.4) is 0 Å². The molecule has 1 amide bonds. The van der Waals surface area contributed by atoms with E-state index >= 15 is 0 Å². The van der Waals surface area contributed by atoms with Crippen LogP contribution in [0.1, 0.15) is 44.1 Å². The van der Waals surface area contributed by atoms with Gasteiger partial charge in [-0.1, -0.05) is 37.8 Å². The van der Waals surface area contributed by atoms with Crippen LogP contribution >= 0.6 is 0 Å². The molecule has 1 aromatic heterocycles. The van der Waals surface area contributed by atoms with Crippen molar-refractivity contribution in [2.24, 2.45) is 4.99 Å². The van der Waals surface area contributed by atoms with Crippen molar-refractivity contribution in [2.45, 2.75) is 44.6 Å². The van der Waals surface area contributed by atoms with Gasteiger partial charge in [0.15, 0.2) is 0 Å². The van der Waals surface area contributed by atoms with Crippen molar-refractivity contribution < 1.29 is 4.79 Å². The normalized spacial score (nSPS) is 22.2.